The van der Waals surface area contributed by atoms with Crippen LogP contribution in [-0.2, 0) is 0 Å². The van der Waals surface area contributed by atoms with Gasteiger partial charge in [0.15, 0.2) is 0 Å². The van der Waals surface area contributed by atoms with E-state index in [1.807, 2.05) is 10.8 Å². The summed E-state index contributed by atoms with van der Waals surface area (Å²) in [6, 6.07) is 0. The Kier molecular flexibility index (Phi) is 2.25. The van der Waals surface area contributed by atoms with Gasteiger partial charge in [-0.3, -0.25) is 0 Å². The van der Waals surface area contributed by atoms with Crippen LogP contribution in [0.2, 0.25) is 0 Å². The Hall–Kier alpha value is -0.620. The number of fused-ring (bicyclic) bond motifs is 1. The van der Waals surface area contributed by atoms with Gasteiger partial charge < -0.3 is 0 Å². The first-order valence-corrected chi connectivity index (χ1v) is 6.02. The number of hydrogen-bond acceptors (Lipinski definition) is 5. The Bertz CT molecular complexity index is 417. The topological polar surface area (TPSA) is 43.1 Å². The lowest BCUT2D eigenvalue weighted by Gasteiger charge is -1.94. The van der Waals surface area contributed by atoms with Gasteiger partial charge in [0, 0.05) is 5.92 Å². The summed E-state index contributed by atoms with van der Waals surface area (Å²) < 4.78 is 1.81. The first-order chi connectivity index (χ1) is 6.22. The molecule has 0 spiro atoms. The minimum atomic E-state index is 0.460. The largest absolute Gasteiger partial charge is 0.235 e. The molecule has 2 heterocycles. The van der Waals surface area contributed by atoms with Crippen LogP contribution in [0.3, 0.4) is 0 Å². The zero-order valence-electron chi connectivity index (χ0n) is 7.68. The van der Waals surface area contributed by atoms with Crippen LogP contribution in [0.15, 0.2) is 5.16 Å². The molecule has 0 saturated carbocycles. The predicted octanol–water partition coefficient (Wildman–Crippen LogP) is 2.03. The summed E-state index contributed by atoms with van der Waals surface area (Å²) in [6.45, 7) is 4.26. The van der Waals surface area contributed by atoms with Crippen LogP contribution >= 0.6 is 23.1 Å². The SMILES string of the molecule is CSc1nnc2sc(C(C)C)nn12. The second-order valence-corrected chi connectivity index (χ2v) is 4.74. The summed E-state index contributed by atoms with van der Waals surface area (Å²) in [5.41, 5.74) is 0. The Morgan fingerprint density at radius 2 is 2.15 bits per heavy atom. The van der Waals surface area contributed by atoms with Crippen molar-refractivity contribution in [3.63, 3.8) is 0 Å². The average Bonchev–Trinajstić information content (AvgIpc) is 2.60. The third kappa shape index (κ3) is 1.44. The Balaban J connectivity index is 2.56. The minimum absolute atomic E-state index is 0.460. The molecular formula is C7H10N4S2. The molecular weight excluding hydrogens is 204 g/mol. The van der Waals surface area contributed by atoms with E-state index < -0.39 is 0 Å². The first kappa shape index (κ1) is 8.96. The molecule has 0 aliphatic carbocycles. The summed E-state index contributed by atoms with van der Waals surface area (Å²) in [5.74, 6) is 0.460. The second kappa shape index (κ2) is 3.26. The van der Waals surface area contributed by atoms with Crippen molar-refractivity contribution in [2.45, 2.75) is 24.9 Å². The van der Waals surface area contributed by atoms with Crippen LogP contribution in [0, 0.1) is 0 Å². The molecule has 0 radical (unpaired) electrons. The molecule has 0 aromatic carbocycles. The maximum atomic E-state index is 4.43. The van der Waals surface area contributed by atoms with E-state index >= 15 is 0 Å². The van der Waals surface area contributed by atoms with Crippen molar-refractivity contribution in [3.05, 3.63) is 5.01 Å². The van der Waals surface area contributed by atoms with Crippen molar-refractivity contribution in [3.8, 4) is 0 Å². The molecule has 13 heavy (non-hydrogen) atoms. The molecule has 6 heteroatoms. The van der Waals surface area contributed by atoms with Crippen LogP contribution in [-0.4, -0.2) is 26.1 Å². The van der Waals surface area contributed by atoms with Gasteiger partial charge in [0.1, 0.15) is 5.01 Å². The number of aromatic nitrogens is 4. The quantitative estimate of drug-likeness (QED) is 0.717. The highest BCUT2D eigenvalue weighted by Gasteiger charge is 2.12. The molecule has 0 unspecified atom stereocenters. The zero-order chi connectivity index (χ0) is 9.42. The average molecular weight is 214 g/mol. The summed E-state index contributed by atoms with van der Waals surface area (Å²) in [5, 5.41) is 14.4. The fourth-order valence-electron chi connectivity index (χ4n) is 0.974. The number of rotatable bonds is 2. The van der Waals surface area contributed by atoms with Crippen LogP contribution in [0.1, 0.15) is 24.8 Å². The highest BCUT2D eigenvalue weighted by Crippen LogP contribution is 2.23. The van der Waals surface area contributed by atoms with Gasteiger partial charge in [-0.2, -0.15) is 9.61 Å². The molecule has 2 rings (SSSR count). The molecule has 0 aliphatic heterocycles. The third-order valence-electron chi connectivity index (χ3n) is 1.65. The summed E-state index contributed by atoms with van der Waals surface area (Å²) in [7, 11) is 0. The lowest BCUT2D eigenvalue weighted by Crippen LogP contribution is -1.91. The van der Waals surface area contributed by atoms with E-state index in [1.54, 1.807) is 23.1 Å². The Labute approximate surface area is 84.4 Å². The van der Waals surface area contributed by atoms with Crippen molar-refractivity contribution in [2.75, 3.05) is 6.26 Å². The maximum absolute atomic E-state index is 4.43. The van der Waals surface area contributed by atoms with E-state index in [0.717, 1.165) is 15.1 Å². The molecule has 70 valence electrons. The highest BCUT2D eigenvalue weighted by molar-refractivity contribution is 7.98. The van der Waals surface area contributed by atoms with Gasteiger partial charge in [-0.15, -0.1) is 10.2 Å². The van der Waals surface area contributed by atoms with Gasteiger partial charge in [-0.05, 0) is 6.26 Å². The molecule has 2 aromatic heterocycles. The zero-order valence-corrected chi connectivity index (χ0v) is 9.32. The summed E-state index contributed by atoms with van der Waals surface area (Å²) >= 11 is 3.17. The molecule has 0 fully saturated rings. The lowest BCUT2D eigenvalue weighted by molar-refractivity contribution is 0.755. The highest BCUT2D eigenvalue weighted by atomic mass is 32.2. The van der Waals surface area contributed by atoms with Gasteiger partial charge in [0.25, 0.3) is 0 Å². The van der Waals surface area contributed by atoms with E-state index in [1.165, 1.54) is 0 Å². The van der Waals surface area contributed by atoms with Crippen molar-refractivity contribution >= 4 is 28.1 Å². The van der Waals surface area contributed by atoms with E-state index in [4.69, 9.17) is 0 Å². The van der Waals surface area contributed by atoms with Crippen molar-refractivity contribution < 1.29 is 0 Å². The van der Waals surface area contributed by atoms with Crippen LogP contribution in [0.5, 0.6) is 0 Å². The van der Waals surface area contributed by atoms with Gasteiger partial charge >= 0.3 is 0 Å². The smallest absolute Gasteiger partial charge is 0.177 e. The molecule has 0 amide bonds. The van der Waals surface area contributed by atoms with Crippen molar-refractivity contribution in [2.24, 2.45) is 0 Å². The van der Waals surface area contributed by atoms with Crippen LogP contribution in [0.4, 0.5) is 0 Å². The fraction of sp³-hybridized carbons (Fsp3) is 0.571. The maximum Gasteiger partial charge on any atom is 0.235 e. The van der Waals surface area contributed by atoms with Gasteiger partial charge in [0.2, 0.25) is 10.1 Å². The minimum Gasteiger partial charge on any atom is -0.177 e. The van der Waals surface area contributed by atoms with Gasteiger partial charge in [-0.1, -0.05) is 36.9 Å². The monoisotopic (exact) mass is 214 g/mol. The molecule has 2 aromatic rings. The van der Waals surface area contributed by atoms with Crippen molar-refractivity contribution in [1.29, 1.82) is 0 Å². The molecule has 0 aliphatic rings. The molecule has 0 N–H and O–H groups in total. The standard InChI is InChI=1S/C7H10N4S2/c1-4(2)5-10-11-6(12-3)8-9-7(11)13-5/h4H,1-3H3. The first-order valence-electron chi connectivity index (χ1n) is 3.98. The normalized spacial score (nSPS) is 11.7. The van der Waals surface area contributed by atoms with E-state index in [9.17, 15) is 0 Å². The Morgan fingerprint density at radius 1 is 1.38 bits per heavy atom. The number of hydrogen-bond donors (Lipinski definition) is 0. The molecule has 0 bridgehead atoms. The van der Waals surface area contributed by atoms with E-state index in [-0.39, 0.29) is 0 Å². The molecule has 0 atom stereocenters. The van der Waals surface area contributed by atoms with Crippen molar-refractivity contribution in [1.82, 2.24) is 19.8 Å². The number of thioether (sulfide) groups is 1. The summed E-state index contributed by atoms with van der Waals surface area (Å²) in [6.07, 6.45) is 1.98. The van der Waals surface area contributed by atoms with Gasteiger partial charge in [-0.25, -0.2) is 0 Å². The predicted molar refractivity (Wildman–Crippen MR) is 54.5 cm³/mol. The van der Waals surface area contributed by atoms with E-state index in [2.05, 4.69) is 29.1 Å². The van der Waals surface area contributed by atoms with Crippen LogP contribution in [0.25, 0.3) is 4.96 Å². The lowest BCUT2D eigenvalue weighted by atomic mass is 10.2. The number of nitrogens with zero attached hydrogens (tertiary/aromatic N) is 4. The fourth-order valence-corrected chi connectivity index (χ4v) is 2.30. The van der Waals surface area contributed by atoms with E-state index in [0.29, 0.717) is 5.92 Å². The molecule has 4 nitrogen and oxygen atoms in total. The third-order valence-corrected chi connectivity index (χ3v) is 3.47. The second-order valence-electron chi connectivity index (χ2n) is 2.98. The van der Waals surface area contributed by atoms with Crippen LogP contribution < -0.4 is 0 Å². The molecule has 0 saturated heterocycles. The Morgan fingerprint density at radius 3 is 2.77 bits per heavy atom. The summed E-state index contributed by atoms with van der Waals surface area (Å²) in [4.78, 5) is 0.882. The van der Waals surface area contributed by atoms with Gasteiger partial charge in [0.05, 0.1) is 0 Å².